The summed E-state index contributed by atoms with van der Waals surface area (Å²) in [6.07, 6.45) is 1.72. The van der Waals surface area contributed by atoms with E-state index < -0.39 is 32.3 Å². The van der Waals surface area contributed by atoms with Crippen molar-refractivity contribution in [3.05, 3.63) is 0 Å². The molecule has 1 heterocycles. The standard InChI is InChI=1S/C7H14O5S2/c1-14(10,11)5-6-7(13(8)9)3-2-4-12-6/h6-7H,2-5H2,1H3,(H,8,9)/t6-,7-/m0/s1. The molecular weight excluding hydrogens is 228 g/mol. The summed E-state index contributed by atoms with van der Waals surface area (Å²) in [5, 5.41) is -0.571. The van der Waals surface area contributed by atoms with E-state index >= 15 is 0 Å². The monoisotopic (exact) mass is 242 g/mol. The minimum absolute atomic E-state index is 0.177. The van der Waals surface area contributed by atoms with Crippen LogP contribution >= 0.6 is 0 Å². The van der Waals surface area contributed by atoms with Gasteiger partial charge in [0.15, 0.2) is 11.1 Å². The zero-order valence-electron chi connectivity index (χ0n) is 7.88. The molecule has 1 unspecified atom stereocenters. The lowest BCUT2D eigenvalue weighted by molar-refractivity contribution is 0.0332. The Balaban J connectivity index is 2.68. The van der Waals surface area contributed by atoms with Gasteiger partial charge in [-0.15, -0.1) is 0 Å². The van der Waals surface area contributed by atoms with E-state index in [1.165, 1.54) is 0 Å². The summed E-state index contributed by atoms with van der Waals surface area (Å²) in [7, 11) is -3.16. The van der Waals surface area contributed by atoms with Gasteiger partial charge in [-0.1, -0.05) is 0 Å². The molecule has 1 rings (SSSR count). The van der Waals surface area contributed by atoms with Crippen molar-refractivity contribution in [2.75, 3.05) is 18.6 Å². The summed E-state index contributed by atoms with van der Waals surface area (Å²) in [4.78, 5) is 0. The van der Waals surface area contributed by atoms with Crippen molar-refractivity contribution in [2.45, 2.75) is 24.2 Å². The highest BCUT2D eigenvalue weighted by atomic mass is 32.2. The van der Waals surface area contributed by atoms with Crippen molar-refractivity contribution in [3.63, 3.8) is 0 Å². The average Bonchev–Trinajstić information content (AvgIpc) is 2.01. The SMILES string of the molecule is CS(=O)(=O)C[C@@H]1OCCC[C@@H]1S(=O)O. The Morgan fingerprint density at radius 2 is 2.21 bits per heavy atom. The van der Waals surface area contributed by atoms with Crippen LogP contribution in [0.2, 0.25) is 0 Å². The molecule has 1 aliphatic heterocycles. The van der Waals surface area contributed by atoms with Gasteiger partial charge in [0, 0.05) is 12.9 Å². The minimum Gasteiger partial charge on any atom is -0.376 e. The first kappa shape index (κ1) is 12.1. The largest absolute Gasteiger partial charge is 0.376 e. The summed E-state index contributed by atoms with van der Waals surface area (Å²) in [6.45, 7) is 0.466. The molecule has 0 aromatic carbocycles. The molecule has 1 saturated heterocycles. The minimum atomic E-state index is -3.16. The molecule has 3 atom stereocenters. The summed E-state index contributed by atoms with van der Waals surface area (Å²) in [6, 6.07) is 0. The summed E-state index contributed by atoms with van der Waals surface area (Å²) >= 11 is -2.01. The summed E-state index contributed by atoms with van der Waals surface area (Å²) < 4.78 is 47.0. The van der Waals surface area contributed by atoms with E-state index in [2.05, 4.69) is 0 Å². The van der Waals surface area contributed by atoms with E-state index in [9.17, 15) is 12.6 Å². The zero-order chi connectivity index (χ0) is 10.8. The third-order valence-corrected chi connectivity index (χ3v) is 4.10. The quantitative estimate of drug-likeness (QED) is 0.693. The van der Waals surface area contributed by atoms with E-state index in [-0.39, 0.29) is 5.75 Å². The second kappa shape index (κ2) is 4.69. The summed E-state index contributed by atoms with van der Waals surface area (Å²) in [5.74, 6) is -0.177. The Labute approximate surface area is 86.0 Å². The van der Waals surface area contributed by atoms with Crippen molar-refractivity contribution < 1.29 is 21.9 Å². The fourth-order valence-corrected chi connectivity index (χ4v) is 3.35. The Kier molecular flexibility index (Phi) is 4.05. The average molecular weight is 242 g/mol. The van der Waals surface area contributed by atoms with Gasteiger partial charge >= 0.3 is 0 Å². The number of sulfone groups is 1. The maximum absolute atomic E-state index is 11.0. The molecule has 0 radical (unpaired) electrons. The number of hydrogen-bond acceptors (Lipinski definition) is 4. The van der Waals surface area contributed by atoms with Crippen LogP contribution in [0.3, 0.4) is 0 Å². The van der Waals surface area contributed by atoms with Crippen LogP contribution in [0, 0.1) is 0 Å². The topological polar surface area (TPSA) is 80.7 Å². The van der Waals surface area contributed by atoms with E-state index in [0.717, 1.165) is 6.26 Å². The number of rotatable bonds is 3. The molecule has 0 bridgehead atoms. The van der Waals surface area contributed by atoms with Crippen LogP contribution < -0.4 is 0 Å². The van der Waals surface area contributed by atoms with Gasteiger partial charge in [-0.2, -0.15) is 0 Å². The first-order valence-electron chi connectivity index (χ1n) is 4.29. The predicted molar refractivity (Wildman–Crippen MR) is 53.2 cm³/mol. The van der Waals surface area contributed by atoms with Crippen LogP contribution in [-0.4, -0.2) is 47.1 Å². The second-order valence-electron chi connectivity index (χ2n) is 3.46. The molecule has 7 heteroatoms. The fourth-order valence-electron chi connectivity index (χ4n) is 1.50. The van der Waals surface area contributed by atoms with E-state index in [4.69, 9.17) is 9.29 Å². The molecule has 0 aromatic rings. The van der Waals surface area contributed by atoms with Gasteiger partial charge in [-0.3, -0.25) is 0 Å². The molecular formula is C7H14O5S2. The van der Waals surface area contributed by atoms with Crippen molar-refractivity contribution >= 4 is 20.9 Å². The number of hydrogen-bond donors (Lipinski definition) is 1. The maximum atomic E-state index is 11.0. The molecule has 0 saturated carbocycles. The molecule has 1 fully saturated rings. The number of ether oxygens (including phenoxy) is 1. The molecule has 14 heavy (non-hydrogen) atoms. The lowest BCUT2D eigenvalue weighted by atomic mass is 10.1. The molecule has 0 spiro atoms. The van der Waals surface area contributed by atoms with Gasteiger partial charge in [-0.05, 0) is 12.8 Å². The highest BCUT2D eigenvalue weighted by Crippen LogP contribution is 2.19. The Hall–Kier alpha value is 0.0200. The van der Waals surface area contributed by atoms with Crippen LogP contribution in [0.5, 0.6) is 0 Å². The lowest BCUT2D eigenvalue weighted by Gasteiger charge is -2.28. The smallest absolute Gasteiger partial charge is 0.158 e. The van der Waals surface area contributed by atoms with E-state index in [1.54, 1.807) is 0 Å². The molecule has 0 aliphatic carbocycles. The molecule has 0 amide bonds. The van der Waals surface area contributed by atoms with Crippen LogP contribution in [-0.2, 0) is 25.7 Å². The van der Waals surface area contributed by atoms with Crippen molar-refractivity contribution in [2.24, 2.45) is 0 Å². The second-order valence-corrected chi connectivity index (χ2v) is 6.80. The fraction of sp³-hybridized carbons (Fsp3) is 1.00. The highest BCUT2D eigenvalue weighted by molar-refractivity contribution is 7.90. The van der Waals surface area contributed by atoms with Gasteiger partial charge in [0.1, 0.15) is 9.84 Å². The highest BCUT2D eigenvalue weighted by Gasteiger charge is 2.32. The van der Waals surface area contributed by atoms with E-state index in [1.807, 2.05) is 0 Å². The molecule has 5 nitrogen and oxygen atoms in total. The molecule has 84 valence electrons. The molecule has 1 aliphatic rings. The van der Waals surface area contributed by atoms with Gasteiger partial charge in [-0.25, -0.2) is 12.6 Å². The van der Waals surface area contributed by atoms with Gasteiger partial charge in [0.05, 0.1) is 17.1 Å². The normalized spacial score (nSPS) is 31.3. The predicted octanol–water partition coefficient (Wildman–Crippen LogP) is -0.200. The van der Waals surface area contributed by atoms with Gasteiger partial charge in [0.2, 0.25) is 0 Å². The maximum Gasteiger partial charge on any atom is 0.158 e. The Bertz CT molecular complexity index is 310. The van der Waals surface area contributed by atoms with Gasteiger partial charge < -0.3 is 9.29 Å². The first-order valence-corrected chi connectivity index (χ1v) is 7.52. The van der Waals surface area contributed by atoms with Crippen LogP contribution in [0.4, 0.5) is 0 Å². The Morgan fingerprint density at radius 1 is 1.57 bits per heavy atom. The Morgan fingerprint density at radius 3 is 2.71 bits per heavy atom. The third kappa shape index (κ3) is 3.64. The lowest BCUT2D eigenvalue weighted by Crippen LogP contribution is -2.41. The van der Waals surface area contributed by atoms with E-state index in [0.29, 0.717) is 19.4 Å². The van der Waals surface area contributed by atoms with Crippen LogP contribution in [0.25, 0.3) is 0 Å². The zero-order valence-corrected chi connectivity index (χ0v) is 9.51. The van der Waals surface area contributed by atoms with Crippen molar-refractivity contribution in [1.29, 1.82) is 0 Å². The van der Waals surface area contributed by atoms with Crippen LogP contribution in [0.1, 0.15) is 12.8 Å². The third-order valence-electron chi connectivity index (χ3n) is 2.11. The molecule has 1 N–H and O–H groups in total. The van der Waals surface area contributed by atoms with Crippen LogP contribution in [0.15, 0.2) is 0 Å². The van der Waals surface area contributed by atoms with Crippen molar-refractivity contribution in [3.8, 4) is 0 Å². The van der Waals surface area contributed by atoms with Crippen molar-refractivity contribution in [1.82, 2.24) is 0 Å². The summed E-state index contributed by atoms with van der Waals surface area (Å²) in [5.41, 5.74) is 0. The first-order chi connectivity index (χ1) is 6.40. The molecule has 0 aromatic heterocycles. The van der Waals surface area contributed by atoms with Gasteiger partial charge in [0.25, 0.3) is 0 Å².